The molecule has 0 bridgehead atoms. The zero-order valence-corrected chi connectivity index (χ0v) is 14.0. The van der Waals surface area contributed by atoms with E-state index in [-0.39, 0.29) is 0 Å². The highest BCUT2D eigenvalue weighted by Gasteiger charge is 2.20. The average Bonchev–Trinajstić information content (AvgIpc) is 3.46. The molecule has 0 radical (unpaired) electrons. The van der Waals surface area contributed by atoms with Crippen LogP contribution in [0.5, 0.6) is 0 Å². The van der Waals surface area contributed by atoms with Crippen molar-refractivity contribution in [2.45, 2.75) is 0 Å². The number of pyridine rings is 1. The Hall–Kier alpha value is -4.00. The van der Waals surface area contributed by atoms with Crippen LogP contribution in [0.3, 0.4) is 0 Å². The molecule has 7 nitrogen and oxygen atoms in total. The number of nitrogens with zero attached hydrogens (tertiary/aromatic N) is 5. The summed E-state index contributed by atoms with van der Waals surface area (Å²) in [5, 5.41) is 5.24. The quantitative estimate of drug-likeness (QED) is 0.445. The number of benzene rings is 1. The van der Waals surface area contributed by atoms with Gasteiger partial charge in [-0.1, -0.05) is 5.10 Å². The second-order valence-corrected chi connectivity index (χ2v) is 6.15. The van der Waals surface area contributed by atoms with E-state index in [0.29, 0.717) is 5.58 Å². The van der Waals surface area contributed by atoms with Gasteiger partial charge >= 0.3 is 5.65 Å². The largest absolute Gasteiger partial charge is 0.464 e. The van der Waals surface area contributed by atoms with Gasteiger partial charge in [-0.3, -0.25) is 4.98 Å². The molecule has 0 amide bonds. The van der Waals surface area contributed by atoms with Gasteiger partial charge in [-0.05, 0) is 24.3 Å². The molecule has 0 atom stereocenters. The van der Waals surface area contributed by atoms with E-state index in [1.165, 1.54) is 6.39 Å². The Labute approximate surface area is 152 Å². The number of fused-ring (bicyclic) bond motifs is 3. The molecule has 0 spiro atoms. The highest BCUT2D eigenvalue weighted by Crippen LogP contribution is 2.33. The third-order valence-electron chi connectivity index (χ3n) is 4.72. The number of furan rings is 1. The summed E-state index contributed by atoms with van der Waals surface area (Å²) in [5.41, 5.74) is 5.76. The van der Waals surface area contributed by atoms with Crippen molar-refractivity contribution < 1.29 is 13.4 Å². The van der Waals surface area contributed by atoms with Crippen LogP contribution in [0.15, 0.2) is 82.7 Å². The van der Waals surface area contributed by atoms with Gasteiger partial charge < -0.3 is 8.83 Å². The third kappa shape index (κ3) is 1.96. The predicted molar refractivity (Wildman–Crippen MR) is 97.3 cm³/mol. The highest BCUT2D eigenvalue weighted by atomic mass is 16.3. The van der Waals surface area contributed by atoms with E-state index in [1.807, 2.05) is 57.9 Å². The van der Waals surface area contributed by atoms with Gasteiger partial charge in [0.05, 0.1) is 24.2 Å². The molecule has 5 heterocycles. The predicted octanol–water partition coefficient (Wildman–Crippen LogP) is 3.56. The average molecular weight is 354 g/mol. The normalized spacial score (nSPS) is 11.7. The van der Waals surface area contributed by atoms with Crippen LogP contribution in [0.1, 0.15) is 0 Å². The molecule has 0 aliphatic rings. The van der Waals surface area contributed by atoms with Gasteiger partial charge in [-0.25, -0.2) is 4.98 Å². The van der Waals surface area contributed by atoms with Crippen molar-refractivity contribution in [3.05, 3.63) is 73.8 Å². The molecule has 0 aliphatic carbocycles. The summed E-state index contributed by atoms with van der Waals surface area (Å²) in [6.45, 7) is 0. The number of rotatable bonds is 2. The van der Waals surface area contributed by atoms with Gasteiger partial charge in [-0.15, -0.1) is 4.52 Å². The van der Waals surface area contributed by atoms with Crippen LogP contribution in [0.4, 0.5) is 0 Å². The second kappa shape index (κ2) is 5.25. The van der Waals surface area contributed by atoms with Crippen molar-refractivity contribution in [1.29, 1.82) is 0 Å². The molecular weight excluding hydrogens is 342 g/mol. The number of hydrogen-bond acceptors (Lipinski definition) is 5. The lowest BCUT2D eigenvalue weighted by Crippen LogP contribution is -2.32. The highest BCUT2D eigenvalue weighted by molar-refractivity contribution is 6.00. The number of aromatic nitrogens is 5. The van der Waals surface area contributed by atoms with E-state index < -0.39 is 0 Å². The van der Waals surface area contributed by atoms with Gasteiger partial charge in [0.15, 0.2) is 23.2 Å². The zero-order valence-electron chi connectivity index (χ0n) is 14.0. The summed E-state index contributed by atoms with van der Waals surface area (Å²) in [6.07, 6.45) is 10.5. The van der Waals surface area contributed by atoms with Crippen molar-refractivity contribution in [3.63, 3.8) is 0 Å². The van der Waals surface area contributed by atoms with E-state index in [1.54, 1.807) is 18.7 Å². The van der Waals surface area contributed by atoms with E-state index in [0.717, 1.165) is 39.1 Å². The maximum atomic E-state index is 5.77. The smallest absolute Gasteiger partial charge is 0.313 e. The fourth-order valence-electron chi connectivity index (χ4n) is 3.53. The van der Waals surface area contributed by atoms with Crippen LogP contribution in [0.2, 0.25) is 0 Å². The molecule has 0 saturated carbocycles. The Morgan fingerprint density at radius 2 is 1.96 bits per heavy atom. The Bertz CT molecular complexity index is 1330. The molecular formula is C20H12N5O2+. The Kier molecular flexibility index (Phi) is 2.76. The summed E-state index contributed by atoms with van der Waals surface area (Å²) in [4.78, 5) is 9.03. The Balaban J connectivity index is 1.66. The summed E-state index contributed by atoms with van der Waals surface area (Å²) in [7, 11) is 0. The van der Waals surface area contributed by atoms with Crippen LogP contribution < -0.4 is 4.57 Å². The fraction of sp³-hybridized carbons (Fsp3) is 0. The Morgan fingerprint density at radius 1 is 0.963 bits per heavy atom. The third-order valence-corrected chi connectivity index (χ3v) is 4.72. The van der Waals surface area contributed by atoms with E-state index >= 15 is 0 Å². The monoisotopic (exact) mass is 354 g/mol. The van der Waals surface area contributed by atoms with Crippen molar-refractivity contribution in [3.8, 4) is 16.9 Å². The molecule has 0 fully saturated rings. The standard InChI is InChI=1S/C20H12N5O2/c1-9-24(17-5-8-23-25(17)10-1)15-3-2-14(20-19(15)22-12-27-20)18-13-6-11-26-16(13)4-7-21-18/h1-12H/q+1. The topological polar surface area (TPSA) is 73.2 Å². The fourth-order valence-corrected chi connectivity index (χ4v) is 3.53. The molecule has 0 aliphatic heterocycles. The SMILES string of the molecule is c1cn2nccc2[n+](-c2ccc(-c3nccc4occc34)c3ocnc23)c1. The van der Waals surface area contributed by atoms with Crippen molar-refractivity contribution in [1.82, 2.24) is 19.6 Å². The molecule has 0 unspecified atom stereocenters. The van der Waals surface area contributed by atoms with Gasteiger partial charge in [0.25, 0.3) is 0 Å². The van der Waals surface area contributed by atoms with Crippen molar-refractivity contribution in [2.75, 3.05) is 0 Å². The lowest BCUT2D eigenvalue weighted by atomic mass is 10.1. The molecule has 0 saturated heterocycles. The summed E-state index contributed by atoms with van der Waals surface area (Å²) < 4.78 is 15.1. The molecule has 7 heteroatoms. The minimum Gasteiger partial charge on any atom is -0.464 e. The van der Waals surface area contributed by atoms with E-state index in [4.69, 9.17) is 8.83 Å². The minimum absolute atomic E-state index is 0.683. The minimum atomic E-state index is 0.683. The van der Waals surface area contributed by atoms with Gasteiger partial charge in [0, 0.05) is 23.2 Å². The van der Waals surface area contributed by atoms with Crippen LogP contribution in [0, 0.1) is 0 Å². The van der Waals surface area contributed by atoms with Crippen LogP contribution in [-0.2, 0) is 0 Å². The lowest BCUT2D eigenvalue weighted by molar-refractivity contribution is -0.569. The molecule has 27 heavy (non-hydrogen) atoms. The number of hydrogen-bond donors (Lipinski definition) is 0. The second-order valence-electron chi connectivity index (χ2n) is 6.15. The molecule has 6 rings (SSSR count). The molecule has 5 aromatic heterocycles. The van der Waals surface area contributed by atoms with E-state index in [2.05, 4.69) is 15.1 Å². The van der Waals surface area contributed by atoms with Crippen molar-refractivity contribution >= 4 is 27.7 Å². The molecule has 0 N–H and O–H groups in total. The van der Waals surface area contributed by atoms with Crippen LogP contribution >= 0.6 is 0 Å². The first-order valence-electron chi connectivity index (χ1n) is 8.43. The van der Waals surface area contributed by atoms with Gasteiger partial charge in [0.1, 0.15) is 18.0 Å². The van der Waals surface area contributed by atoms with E-state index in [9.17, 15) is 0 Å². The van der Waals surface area contributed by atoms with Crippen LogP contribution in [0.25, 0.3) is 44.7 Å². The maximum Gasteiger partial charge on any atom is 0.313 e. The first kappa shape index (κ1) is 14.2. The first-order chi connectivity index (χ1) is 13.4. The molecule has 6 aromatic rings. The lowest BCUT2D eigenvalue weighted by Gasteiger charge is -2.06. The van der Waals surface area contributed by atoms with Gasteiger partial charge in [0.2, 0.25) is 0 Å². The summed E-state index contributed by atoms with van der Waals surface area (Å²) in [6, 6.07) is 11.7. The van der Waals surface area contributed by atoms with Crippen molar-refractivity contribution in [2.24, 2.45) is 0 Å². The van der Waals surface area contributed by atoms with Gasteiger partial charge in [-0.2, -0.15) is 4.57 Å². The summed E-state index contributed by atoms with van der Waals surface area (Å²) in [5.74, 6) is 0. The Morgan fingerprint density at radius 3 is 2.96 bits per heavy atom. The zero-order chi connectivity index (χ0) is 17.8. The molecule has 128 valence electrons. The van der Waals surface area contributed by atoms with Crippen LogP contribution in [-0.4, -0.2) is 19.6 Å². The number of oxazole rings is 1. The maximum absolute atomic E-state index is 5.77. The molecule has 1 aromatic carbocycles. The first-order valence-corrected chi connectivity index (χ1v) is 8.43. The summed E-state index contributed by atoms with van der Waals surface area (Å²) >= 11 is 0.